The van der Waals surface area contributed by atoms with Crippen LogP contribution in [-0.4, -0.2) is 129 Å². The van der Waals surface area contributed by atoms with Gasteiger partial charge in [-0.2, -0.15) is 0 Å². The maximum absolute atomic E-state index is 9.89. The first-order chi connectivity index (χ1) is 15.3. The van der Waals surface area contributed by atoms with E-state index in [1.54, 1.807) is 0 Å². The summed E-state index contributed by atoms with van der Waals surface area (Å²) in [4.78, 5) is 0. The lowest BCUT2D eigenvalue weighted by Gasteiger charge is -2.39. The topological polar surface area (TPSA) is 199 Å². The Labute approximate surface area is 186 Å². The van der Waals surface area contributed by atoms with E-state index in [1.807, 2.05) is 0 Å². The Bertz CT molecular complexity index is 463. The summed E-state index contributed by atoms with van der Waals surface area (Å²) in [5, 5.41) is 77.0. The Morgan fingerprint density at radius 2 is 0.812 bits per heavy atom. The van der Waals surface area contributed by atoms with Gasteiger partial charge in [-0.25, -0.2) is 0 Å². The van der Waals surface area contributed by atoms with Crippen LogP contribution in [-0.2, 0) is 18.9 Å². The van der Waals surface area contributed by atoms with Crippen molar-refractivity contribution in [2.45, 2.75) is 99.9 Å². The Balaban J connectivity index is 1.50. The quantitative estimate of drug-likeness (QED) is 0.127. The third-order valence-electron chi connectivity index (χ3n) is 5.80. The Hall–Kier alpha value is -0.480. The number of hydrogen-bond donors (Lipinski definition) is 8. The van der Waals surface area contributed by atoms with Crippen molar-refractivity contribution in [3.05, 3.63) is 0 Å². The summed E-state index contributed by atoms with van der Waals surface area (Å²) in [6.45, 7) is -0.401. The van der Waals surface area contributed by atoms with Crippen LogP contribution in [0.3, 0.4) is 0 Å². The van der Waals surface area contributed by atoms with Crippen LogP contribution in [0, 0.1) is 0 Å². The first-order valence-corrected chi connectivity index (χ1v) is 11.2. The smallest absolute Gasteiger partial charge is 0.186 e. The van der Waals surface area contributed by atoms with E-state index in [2.05, 4.69) is 0 Å². The fourth-order valence-electron chi connectivity index (χ4n) is 3.72. The molecule has 0 saturated carbocycles. The van der Waals surface area contributed by atoms with E-state index >= 15 is 0 Å². The number of hydrogen-bond acceptors (Lipinski definition) is 12. The zero-order valence-electron chi connectivity index (χ0n) is 18.1. The minimum Gasteiger partial charge on any atom is -0.394 e. The van der Waals surface area contributed by atoms with Crippen LogP contribution in [0.4, 0.5) is 0 Å². The van der Waals surface area contributed by atoms with Crippen LogP contribution < -0.4 is 0 Å². The predicted octanol–water partition coefficient (Wildman–Crippen LogP) is -3.04. The molecule has 0 aliphatic carbocycles. The highest BCUT2D eigenvalue weighted by Crippen LogP contribution is 2.23. The van der Waals surface area contributed by atoms with Gasteiger partial charge in [0.1, 0.15) is 48.8 Å². The standard InChI is InChI=1S/C20H38O12/c21-9-11-13(23)15(25)17(27)19(31-11)29-7-5-3-1-2-4-6-8-30-20-18(28)16(26)14(24)12(10-22)32-20/h11-28H,1-10H2/t11?,12?,13-,14+,15-,16?,17?,18?,19+,20-/m0/s1. The molecule has 12 nitrogen and oxygen atoms in total. The zero-order valence-corrected chi connectivity index (χ0v) is 18.1. The molecular formula is C20H38O12. The molecule has 8 N–H and O–H groups in total. The van der Waals surface area contributed by atoms with Crippen molar-refractivity contribution in [3.8, 4) is 0 Å². The van der Waals surface area contributed by atoms with E-state index in [1.165, 1.54) is 0 Å². The van der Waals surface area contributed by atoms with Crippen molar-refractivity contribution >= 4 is 0 Å². The molecular weight excluding hydrogens is 432 g/mol. The van der Waals surface area contributed by atoms with Crippen molar-refractivity contribution in [1.29, 1.82) is 0 Å². The average Bonchev–Trinajstić information content (AvgIpc) is 2.79. The first-order valence-electron chi connectivity index (χ1n) is 11.2. The molecule has 2 heterocycles. The summed E-state index contributed by atoms with van der Waals surface area (Å²) < 4.78 is 21.4. The molecule has 2 aliphatic rings. The van der Waals surface area contributed by atoms with Gasteiger partial charge in [0, 0.05) is 13.2 Å². The second kappa shape index (κ2) is 14.0. The molecule has 0 spiro atoms. The highest BCUT2D eigenvalue weighted by atomic mass is 16.7. The van der Waals surface area contributed by atoms with Crippen LogP contribution in [0.2, 0.25) is 0 Å². The van der Waals surface area contributed by atoms with Gasteiger partial charge in [0.15, 0.2) is 12.6 Å². The highest BCUT2D eigenvalue weighted by Gasteiger charge is 2.44. The third kappa shape index (κ3) is 7.52. The summed E-state index contributed by atoms with van der Waals surface area (Å²) >= 11 is 0. The summed E-state index contributed by atoms with van der Waals surface area (Å²) in [7, 11) is 0. The fourth-order valence-corrected chi connectivity index (χ4v) is 3.72. The molecule has 0 amide bonds. The van der Waals surface area contributed by atoms with E-state index < -0.39 is 74.6 Å². The second-order valence-electron chi connectivity index (χ2n) is 8.26. The van der Waals surface area contributed by atoms with Crippen LogP contribution in [0.1, 0.15) is 38.5 Å². The number of rotatable bonds is 13. The van der Waals surface area contributed by atoms with Gasteiger partial charge in [0.25, 0.3) is 0 Å². The molecule has 5 unspecified atom stereocenters. The molecule has 2 saturated heterocycles. The van der Waals surface area contributed by atoms with Crippen LogP contribution >= 0.6 is 0 Å². The van der Waals surface area contributed by atoms with Crippen molar-refractivity contribution < 1.29 is 59.8 Å². The van der Waals surface area contributed by atoms with E-state index in [0.717, 1.165) is 25.7 Å². The van der Waals surface area contributed by atoms with Crippen molar-refractivity contribution in [2.24, 2.45) is 0 Å². The number of unbranched alkanes of at least 4 members (excludes halogenated alkanes) is 5. The SMILES string of the molecule is OCC1O[C@H](OCCCCCCCCO[C@@H]2OC(CO)[C@H](O)[C@H](O)C2O)C(O)C(O)[C@@H]1O. The van der Waals surface area contributed by atoms with Gasteiger partial charge in [-0.15, -0.1) is 0 Å². The first kappa shape index (κ1) is 27.8. The molecule has 2 fully saturated rings. The molecule has 0 aromatic rings. The third-order valence-corrected chi connectivity index (χ3v) is 5.80. The normalized spacial score (nSPS) is 40.5. The van der Waals surface area contributed by atoms with Crippen LogP contribution in [0.5, 0.6) is 0 Å². The van der Waals surface area contributed by atoms with Gasteiger partial charge in [0.05, 0.1) is 13.2 Å². The van der Waals surface area contributed by atoms with Crippen LogP contribution in [0.15, 0.2) is 0 Å². The largest absolute Gasteiger partial charge is 0.394 e. The Morgan fingerprint density at radius 1 is 0.469 bits per heavy atom. The van der Waals surface area contributed by atoms with Gasteiger partial charge in [-0.05, 0) is 12.8 Å². The van der Waals surface area contributed by atoms with Gasteiger partial charge < -0.3 is 59.8 Å². The number of ether oxygens (including phenoxy) is 4. The lowest BCUT2D eigenvalue weighted by molar-refractivity contribution is -0.301. The van der Waals surface area contributed by atoms with Crippen LogP contribution in [0.25, 0.3) is 0 Å². The van der Waals surface area contributed by atoms with Gasteiger partial charge in [-0.1, -0.05) is 25.7 Å². The summed E-state index contributed by atoms with van der Waals surface area (Å²) in [5.41, 5.74) is 0. The maximum atomic E-state index is 9.89. The molecule has 10 atom stereocenters. The van der Waals surface area contributed by atoms with E-state index in [9.17, 15) is 30.6 Å². The predicted molar refractivity (Wildman–Crippen MR) is 107 cm³/mol. The molecule has 190 valence electrons. The van der Waals surface area contributed by atoms with Crippen molar-refractivity contribution in [2.75, 3.05) is 26.4 Å². The van der Waals surface area contributed by atoms with Gasteiger partial charge in [0.2, 0.25) is 0 Å². The molecule has 2 aliphatic heterocycles. The number of aliphatic hydroxyl groups excluding tert-OH is 8. The monoisotopic (exact) mass is 470 g/mol. The molecule has 0 bridgehead atoms. The molecule has 0 aromatic heterocycles. The minimum absolute atomic E-state index is 0.295. The lowest BCUT2D eigenvalue weighted by Crippen LogP contribution is -2.59. The van der Waals surface area contributed by atoms with E-state index in [0.29, 0.717) is 26.1 Å². The van der Waals surface area contributed by atoms with E-state index in [-0.39, 0.29) is 0 Å². The Morgan fingerprint density at radius 3 is 1.16 bits per heavy atom. The molecule has 32 heavy (non-hydrogen) atoms. The van der Waals surface area contributed by atoms with Crippen molar-refractivity contribution in [1.82, 2.24) is 0 Å². The van der Waals surface area contributed by atoms with Gasteiger partial charge in [-0.3, -0.25) is 0 Å². The minimum atomic E-state index is -1.45. The van der Waals surface area contributed by atoms with Gasteiger partial charge >= 0.3 is 0 Å². The summed E-state index contributed by atoms with van der Waals surface area (Å²) in [5.74, 6) is 0. The molecule has 0 aromatic carbocycles. The summed E-state index contributed by atoms with van der Waals surface area (Å²) in [6, 6.07) is 0. The summed E-state index contributed by atoms with van der Waals surface area (Å²) in [6.07, 6.45) is -7.67. The molecule has 12 heteroatoms. The highest BCUT2D eigenvalue weighted by molar-refractivity contribution is 4.89. The second-order valence-corrected chi connectivity index (χ2v) is 8.26. The molecule has 0 radical (unpaired) electrons. The molecule has 2 rings (SSSR count). The maximum Gasteiger partial charge on any atom is 0.186 e. The van der Waals surface area contributed by atoms with Crippen molar-refractivity contribution in [3.63, 3.8) is 0 Å². The number of aliphatic hydroxyl groups is 8. The fraction of sp³-hybridized carbons (Fsp3) is 1.00. The lowest BCUT2D eigenvalue weighted by atomic mass is 9.99. The zero-order chi connectivity index (χ0) is 23.7. The average molecular weight is 471 g/mol. The van der Waals surface area contributed by atoms with E-state index in [4.69, 9.17) is 29.2 Å². The Kier molecular flexibility index (Phi) is 12.2.